The van der Waals surface area contributed by atoms with E-state index in [9.17, 15) is 4.79 Å². The molecule has 0 radical (unpaired) electrons. The molecule has 0 aliphatic rings. The summed E-state index contributed by atoms with van der Waals surface area (Å²) in [5.41, 5.74) is 1.96. The molecule has 1 atom stereocenters. The third-order valence-corrected chi connectivity index (χ3v) is 3.37. The van der Waals surface area contributed by atoms with Crippen molar-refractivity contribution in [2.45, 2.75) is 32.9 Å². The summed E-state index contributed by atoms with van der Waals surface area (Å²) in [6.07, 6.45) is 3.97. The molecule has 0 spiro atoms. The van der Waals surface area contributed by atoms with Crippen LogP contribution in [-0.2, 0) is 17.8 Å². The highest BCUT2D eigenvalue weighted by Crippen LogP contribution is 2.16. The van der Waals surface area contributed by atoms with Gasteiger partial charge in [-0.25, -0.2) is 0 Å². The highest BCUT2D eigenvalue weighted by molar-refractivity contribution is 6.30. The van der Waals surface area contributed by atoms with E-state index in [-0.39, 0.29) is 11.9 Å². The second-order valence-corrected chi connectivity index (χ2v) is 5.16. The molecule has 1 heterocycles. The van der Waals surface area contributed by atoms with E-state index in [2.05, 4.69) is 10.4 Å². The fourth-order valence-corrected chi connectivity index (χ4v) is 2.11. The first-order chi connectivity index (χ1) is 9.58. The largest absolute Gasteiger partial charge is 0.349 e. The smallest absolute Gasteiger partial charge is 0.225 e. The number of aryl methyl sites for hydroxylation is 1. The van der Waals surface area contributed by atoms with Gasteiger partial charge in [0.15, 0.2) is 0 Å². The molecule has 1 amide bonds. The first-order valence-corrected chi connectivity index (χ1v) is 7.02. The first kappa shape index (κ1) is 14.6. The van der Waals surface area contributed by atoms with Crippen LogP contribution < -0.4 is 5.32 Å². The van der Waals surface area contributed by atoms with E-state index in [1.807, 2.05) is 49.0 Å². The van der Waals surface area contributed by atoms with Gasteiger partial charge in [0.2, 0.25) is 5.91 Å². The van der Waals surface area contributed by atoms with Crippen molar-refractivity contribution in [2.24, 2.45) is 0 Å². The maximum Gasteiger partial charge on any atom is 0.225 e. The Bertz CT molecular complexity index is 577. The quantitative estimate of drug-likeness (QED) is 0.920. The van der Waals surface area contributed by atoms with Crippen molar-refractivity contribution in [3.8, 4) is 0 Å². The van der Waals surface area contributed by atoms with Crippen LogP contribution in [0.2, 0.25) is 5.02 Å². The molecule has 4 nitrogen and oxygen atoms in total. The summed E-state index contributed by atoms with van der Waals surface area (Å²) in [7, 11) is 0. The Labute approximate surface area is 123 Å². The average molecular weight is 292 g/mol. The van der Waals surface area contributed by atoms with Crippen molar-refractivity contribution in [3.63, 3.8) is 0 Å². The summed E-state index contributed by atoms with van der Waals surface area (Å²) in [6, 6.07) is 7.45. The van der Waals surface area contributed by atoms with Crippen molar-refractivity contribution in [3.05, 3.63) is 52.8 Å². The summed E-state index contributed by atoms with van der Waals surface area (Å²) >= 11 is 5.85. The van der Waals surface area contributed by atoms with Gasteiger partial charge in [-0.1, -0.05) is 23.7 Å². The van der Waals surface area contributed by atoms with Gasteiger partial charge in [0.1, 0.15) is 0 Å². The van der Waals surface area contributed by atoms with Gasteiger partial charge < -0.3 is 5.32 Å². The van der Waals surface area contributed by atoms with E-state index < -0.39 is 0 Å². The third-order valence-electron chi connectivity index (χ3n) is 3.12. The van der Waals surface area contributed by atoms with Crippen LogP contribution in [-0.4, -0.2) is 15.7 Å². The summed E-state index contributed by atoms with van der Waals surface area (Å²) in [6.45, 7) is 4.78. The summed E-state index contributed by atoms with van der Waals surface area (Å²) in [5, 5.41) is 7.82. The fourth-order valence-electron chi connectivity index (χ4n) is 1.98. The van der Waals surface area contributed by atoms with Crippen molar-refractivity contribution in [1.29, 1.82) is 0 Å². The van der Waals surface area contributed by atoms with E-state index in [1.54, 1.807) is 6.20 Å². The Morgan fingerprint density at radius 2 is 2.10 bits per heavy atom. The fraction of sp³-hybridized carbons (Fsp3) is 0.333. The number of rotatable bonds is 5. The highest BCUT2D eigenvalue weighted by Gasteiger charge is 2.11. The number of hydrogen-bond acceptors (Lipinski definition) is 2. The molecule has 0 aliphatic heterocycles. The molecule has 1 aromatic heterocycles. The second-order valence-electron chi connectivity index (χ2n) is 4.72. The molecular formula is C15H18ClN3O. The minimum absolute atomic E-state index is 0.0110. The molecule has 1 aromatic carbocycles. The predicted octanol–water partition coefficient (Wildman–Crippen LogP) is 2.98. The number of amides is 1. The zero-order chi connectivity index (χ0) is 14.5. The zero-order valence-electron chi connectivity index (χ0n) is 11.6. The van der Waals surface area contributed by atoms with Crippen molar-refractivity contribution in [2.75, 3.05) is 0 Å². The molecule has 0 fully saturated rings. The van der Waals surface area contributed by atoms with E-state index in [0.29, 0.717) is 11.4 Å². The van der Waals surface area contributed by atoms with Crippen LogP contribution in [0.3, 0.4) is 0 Å². The van der Waals surface area contributed by atoms with Crippen molar-refractivity contribution in [1.82, 2.24) is 15.1 Å². The normalized spacial score (nSPS) is 12.2. The highest BCUT2D eigenvalue weighted by atomic mass is 35.5. The Kier molecular flexibility index (Phi) is 4.79. The van der Waals surface area contributed by atoms with Crippen molar-refractivity contribution >= 4 is 17.5 Å². The molecule has 20 heavy (non-hydrogen) atoms. The van der Waals surface area contributed by atoms with Gasteiger partial charge >= 0.3 is 0 Å². The molecule has 2 aromatic rings. The van der Waals surface area contributed by atoms with Gasteiger partial charge in [0, 0.05) is 17.8 Å². The molecule has 0 unspecified atom stereocenters. The van der Waals surface area contributed by atoms with Crippen LogP contribution in [0.1, 0.15) is 31.0 Å². The summed E-state index contributed by atoms with van der Waals surface area (Å²) in [4.78, 5) is 12.0. The molecule has 2 rings (SSSR count). The van der Waals surface area contributed by atoms with E-state index in [4.69, 9.17) is 11.6 Å². The monoisotopic (exact) mass is 291 g/mol. The number of benzene rings is 1. The molecule has 106 valence electrons. The first-order valence-electron chi connectivity index (χ1n) is 6.64. The van der Waals surface area contributed by atoms with Crippen LogP contribution >= 0.6 is 11.6 Å². The Balaban J connectivity index is 1.92. The SMILES string of the molecule is CCn1cc(CC(=O)N[C@@H](C)c2ccc(Cl)cc2)cn1. The number of carbonyl (C=O) groups is 1. The lowest BCUT2D eigenvalue weighted by molar-refractivity contribution is -0.121. The summed E-state index contributed by atoms with van der Waals surface area (Å²) in [5.74, 6) is -0.0110. The van der Waals surface area contributed by atoms with Gasteiger partial charge in [-0.15, -0.1) is 0 Å². The maximum atomic E-state index is 12.0. The van der Waals surface area contributed by atoms with Crippen molar-refractivity contribution < 1.29 is 4.79 Å². The minimum Gasteiger partial charge on any atom is -0.349 e. The number of carbonyl (C=O) groups excluding carboxylic acids is 1. The van der Waals surface area contributed by atoms with E-state index in [0.717, 1.165) is 17.7 Å². The molecule has 0 aliphatic carbocycles. The van der Waals surface area contributed by atoms with Crippen LogP contribution in [0.15, 0.2) is 36.7 Å². The number of halogens is 1. The molecular weight excluding hydrogens is 274 g/mol. The lowest BCUT2D eigenvalue weighted by atomic mass is 10.1. The molecule has 0 saturated carbocycles. The Hall–Kier alpha value is -1.81. The van der Waals surface area contributed by atoms with Gasteiger partial charge in [-0.2, -0.15) is 5.10 Å². The topological polar surface area (TPSA) is 46.9 Å². The number of nitrogens with zero attached hydrogens (tertiary/aromatic N) is 2. The summed E-state index contributed by atoms with van der Waals surface area (Å²) < 4.78 is 1.81. The Morgan fingerprint density at radius 3 is 2.70 bits per heavy atom. The van der Waals surface area contributed by atoms with Crippen LogP contribution in [0.5, 0.6) is 0 Å². The average Bonchev–Trinajstić information content (AvgIpc) is 2.86. The molecule has 1 N–H and O–H groups in total. The molecule has 5 heteroatoms. The maximum absolute atomic E-state index is 12.0. The zero-order valence-corrected chi connectivity index (χ0v) is 12.4. The standard InChI is InChI=1S/C15H18ClN3O/c1-3-19-10-12(9-17-19)8-15(20)18-11(2)13-4-6-14(16)7-5-13/h4-7,9-11H,3,8H2,1-2H3,(H,18,20)/t11-/m0/s1. The van der Waals surface area contributed by atoms with Crippen LogP contribution in [0, 0.1) is 0 Å². The lowest BCUT2D eigenvalue weighted by Gasteiger charge is -2.14. The third kappa shape index (κ3) is 3.84. The number of nitrogens with one attached hydrogen (secondary N) is 1. The van der Waals surface area contributed by atoms with Gasteiger partial charge in [0.05, 0.1) is 18.7 Å². The van der Waals surface area contributed by atoms with Gasteiger partial charge in [-0.3, -0.25) is 9.48 Å². The van der Waals surface area contributed by atoms with Gasteiger partial charge in [0.25, 0.3) is 0 Å². The minimum atomic E-state index is -0.0408. The Morgan fingerprint density at radius 1 is 1.40 bits per heavy atom. The van der Waals surface area contributed by atoms with E-state index in [1.165, 1.54) is 0 Å². The lowest BCUT2D eigenvalue weighted by Crippen LogP contribution is -2.27. The second kappa shape index (κ2) is 6.57. The molecule has 0 saturated heterocycles. The van der Waals surface area contributed by atoms with Crippen LogP contribution in [0.25, 0.3) is 0 Å². The van der Waals surface area contributed by atoms with E-state index >= 15 is 0 Å². The van der Waals surface area contributed by atoms with Crippen LogP contribution in [0.4, 0.5) is 0 Å². The number of hydrogen-bond donors (Lipinski definition) is 1. The number of aromatic nitrogens is 2. The van der Waals surface area contributed by atoms with Gasteiger partial charge in [-0.05, 0) is 37.1 Å². The predicted molar refractivity (Wildman–Crippen MR) is 79.6 cm³/mol. The molecule has 0 bridgehead atoms.